The Labute approximate surface area is 186 Å². The molecular formula is C22H27N9O. The molecule has 2 saturated heterocycles. The van der Waals surface area contributed by atoms with E-state index in [-0.39, 0.29) is 11.8 Å². The largest absolute Gasteiger partial charge is 0.356 e. The van der Waals surface area contributed by atoms with Crippen LogP contribution in [0.1, 0.15) is 18.4 Å². The second kappa shape index (κ2) is 9.39. The zero-order chi connectivity index (χ0) is 21.8. The number of hydrogen-bond acceptors (Lipinski definition) is 8. The van der Waals surface area contributed by atoms with E-state index < -0.39 is 0 Å². The van der Waals surface area contributed by atoms with Gasteiger partial charge in [-0.25, -0.2) is 19.6 Å². The van der Waals surface area contributed by atoms with Gasteiger partial charge in [0.05, 0.1) is 5.92 Å². The van der Waals surface area contributed by atoms with Crippen molar-refractivity contribution in [2.24, 2.45) is 5.92 Å². The van der Waals surface area contributed by atoms with Crippen molar-refractivity contribution in [3.05, 3.63) is 55.1 Å². The van der Waals surface area contributed by atoms with Crippen molar-refractivity contribution in [2.75, 3.05) is 44.2 Å². The van der Waals surface area contributed by atoms with Crippen molar-refractivity contribution >= 4 is 11.7 Å². The summed E-state index contributed by atoms with van der Waals surface area (Å²) in [6, 6.07) is 6.00. The number of anilines is 1. The number of aromatic nitrogens is 6. The van der Waals surface area contributed by atoms with E-state index in [2.05, 4.69) is 47.0 Å². The summed E-state index contributed by atoms with van der Waals surface area (Å²) in [5.41, 5.74) is 1.26. The lowest BCUT2D eigenvalue weighted by Gasteiger charge is -2.39. The Morgan fingerprint density at radius 3 is 2.56 bits per heavy atom. The molecule has 5 rings (SSSR count). The maximum Gasteiger partial charge on any atom is 0.227 e. The molecule has 10 nitrogen and oxygen atoms in total. The van der Waals surface area contributed by atoms with Crippen LogP contribution in [0, 0.1) is 5.92 Å². The van der Waals surface area contributed by atoms with Gasteiger partial charge >= 0.3 is 0 Å². The molecule has 3 aromatic rings. The minimum Gasteiger partial charge on any atom is -0.356 e. The molecule has 2 fully saturated rings. The minimum absolute atomic E-state index is 0.000262. The second-order valence-electron chi connectivity index (χ2n) is 8.32. The van der Waals surface area contributed by atoms with Crippen LogP contribution in [-0.4, -0.2) is 84.7 Å². The molecule has 0 aliphatic carbocycles. The maximum atomic E-state index is 13.3. The van der Waals surface area contributed by atoms with Crippen molar-refractivity contribution in [3.8, 4) is 5.82 Å². The molecule has 0 N–H and O–H groups in total. The van der Waals surface area contributed by atoms with Crippen LogP contribution < -0.4 is 4.90 Å². The Morgan fingerprint density at radius 2 is 1.78 bits per heavy atom. The Morgan fingerprint density at radius 1 is 0.969 bits per heavy atom. The highest BCUT2D eigenvalue weighted by molar-refractivity contribution is 5.80. The Balaban J connectivity index is 1.18. The van der Waals surface area contributed by atoms with Crippen LogP contribution in [0.5, 0.6) is 0 Å². The van der Waals surface area contributed by atoms with Gasteiger partial charge in [-0.3, -0.25) is 14.7 Å². The first-order valence-electron chi connectivity index (χ1n) is 11.1. The molecule has 1 unspecified atom stereocenters. The van der Waals surface area contributed by atoms with Crippen molar-refractivity contribution in [1.29, 1.82) is 0 Å². The highest BCUT2D eigenvalue weighted by Gasteiger charge is 2.31. The number of rotatable bonds is 5. The van der Waals surface area contributed by atoms with Crippen molar-refractivity contribution in [1.82, 2.24) is 39.5 Å². The van der Waals surface area contributed by atoms with Gasteiger partial charge < -0.3 is 9.80 Å². The van der Waals surface area contributed by atoms with Gasteiger partial charge in [0.15, 0.2) is 5.82 Å². The Bertz CT molecular complexity index is 1020. The molecule has 0 saturated carbocycles. The summed E-state index contributed by atoms with van der Waals surface area (Å²) >= 11 is 0. The van der Waals surface area contributed by atoms with Crippen LogP contribution in [0.2, 0.25) is 0 Å². The highest BCUT2D eigenvalue weighted by Crippen LogP contribution is 2.24. The third-order valence-corrected chi connectivity index (χ3v) is 6.23. The molecular weight excluding hydrogens is 406 g/mol. The topological polar surface area (TPSA) is 96.2 Å². The van der Waals surface area contributed by atoms with Crippen molar-refractivity contribution in [2.45, 2.75) is 19.4 Å². The van der Waals surface area contributed by atoms with E-state index in [0.29, 0.717) is 12.4 Å². The van der Waals surface area contributed by atoms with Gasteiger partial charge in [-0.15, -0.1) is 0 Å². The molecule has 0 aromatic carbocycles. The van der Waals surface area contributed by atoms with E-state index in [1.165, 1.54) is 11.9 Å². The fourth-order valence-electron chi connectivity index (χ4n) is 4.48. The number of piperidine rings is 1. The average Bonchev–Trinajstić information content (AvgIpc) is 3.40. The zero-order valence-electron chi connectivity index (χ0n) is 18.0. The third kappa shape index (κ3) is 4.59. The molecule has 166 valence electrons. The maximum absolute atomic E-state index is 13.3. The summed E-state index contributed by atoms with van der Waals surface area (Å²) < 4.78 is 1.61. The van der Waals surface area contributed by atoms with E-state index in [0.717, 1.165) is 57.9 Å². The van der Waals surface area contributed by atoms with E-state index >= 15 is 0 Å². The van der Waals surface area contributed by atoms with E-state index in [4.69, 9.17) is 0 Å². The lowest BCUT2D eigenvalue weighted by Crippen LogP contribution is -2.52. The van der Waals surface area contributed by atoms with Gasteiger partial charge in [0.1, 0.15) is 24.8 Å². The fourth-order valence-corrected chi connectivity index (χ4v) is 4.48. The number of carbonyl (C=O) groups is 1. The monoisotopic (exact) mass is 433 g/mol. The van der Waals surface area contributed by atoms with Gasteiger partial charge in [-0.1, -0.05) is 0 Å². The summed E-state index contributed by atoms with van der Waals surface area (Å²) in [6.07, 6.45) is 10.2. The van der Waals surface area contributed by atoms with E-state index in [9.17, 15) is 4.79 Å². The predicted molar refractivity (Wildman–Crippen MR) is 118 cm³/mol. The Hall–Kier alpha value is -3.40. The molecule has 0 bridgehead atoms. The smallest absolute Gasteiger partial charge is 0.227 e. The van der Waals surface area contributed by atoms with Crippen LogP contribution in [0.15, 0.2) is 49.6 Å². The van der Waals surface area contributed by atoms with Gasteiger partial charge in [0, 0.05) is 64.3 Å². The Kier molecular flexibility index (Phi) is 6.02. The SMILES string of the molecule is O=C(C1CCCN(c2cc(-n3cncn3)ncn2)C1)N1CCN(Cc2ccncc2)CC1. The predicted octanol–water partition coefficient (Wildman–Crippen LogP) is 1.01. The molecule has 1 atom stereocenters. The van der Waals surface area contributed by atoms with E-state index in [1.54, 1.807) is 17.3 Å². The minimum atomic E-state index is 0.000262. The number of hydrogen-bond donors (Lipinski definition) is 0. The highest BCUT2D eigenvalue weighted by atomic mass is 16.2. The summed E-state index contributed by atoms with van der Waals surface area (Å²) in [5.74, 6) is 1.76. The molecule has 0 radical (unpaired) electrons. The number of amides is 1. The number of pyridine rings is 1. The quantitative estimate of drug-likeness (QED) is 0.588. The molecule has 1 amide bonds. The van der Waals surface area contributed by atoms with Gasteiger partial charge in [-0.2, -0.15) is 5.10 Å². The molecule has 32 heavy (non-hydrogen) atoms. The molecule has 2 aliphatic rings. The van der Waals surface area contributed by atoms with Crippen molar-refractivity contribution < 1.29 is 4.79 Å². The van der Waals surface area contributed by atoms with Crippen LogP contribution in [-0.2, 0) is 11.3 Å². The summed E-state index contributed by atoms with van der Waals surface area (Å²) in [6.45, 7) is 5.84. The molecule has 10 heteroatoms. The lowest BCUT2D eigenvalue weighted by molar-refractivity contribution is -0.137. The first-order chi connectivity index (χ1) is 15.8. The average molecular weight is 434 g/mol. The molecule has 5 heterocycles. The zero-order valence-corrected chi connectivity index (χ0v) is 18.0. The third-order valence-electron chi connectivity index (χ3n) is 6.23. The second-order valence-corrected chi connectivity index (χ2v) is 8.32. The molecule has 2 aliphatic heterocycles. The lowest BCUT2D eigenvalue weighted by atomic mass is 9.96. The van der Waals surface area contributed by atoms with Gasteiger partial charge in [0.2, 0.25) is 5.91 Å². The first-order valence-corrected chi connectivity index (χ1v) is 11.1. The van der Waals surface area contributed by atoms with Gasteiger partial charge in [-0.05, 0) is 30.5 Å². The standard InChI is InChI=1S/C22H27N9O/c32-22(29-10-8-28(9-11-29)13-18-3-5-23-6-4-18)19-2-1-7-30(14-19)20-12-21(26-16-25-20)31-17-24-15-27-31/h3-6,12,15-17,19H,1-2,7-11,13-14H2. The normalized spacial score (nSPS) is 19.8. The van der Waals surface area contributed by atoms with Gasteiger partial charge in [0.25, 0.3) is 0 Å². The first kappa shape index (κ1) is 20.5. The summed E-state index contributed by atoms with van der Waals surface area (Å²) in [7, 11) is 0. The molecule has 3 aromatic heterocycles. The van der Waals surface area contributed by atoms with Crippen LogP contribution in [0.25, 0.3) is 5.82 Å². The van der Waals surface area contributed by atoms with Crippen LogP contribution in [0.3, 0.4) is 0 Å². The molecule has 0 spiro atoms. The summed E-state index contributed by atoms with van der Waals surface area (Å²) in [4.78, 5) is 36.7. The van der Waals surface area contributed by atoms with Crippen LogP contribution in [0.4, 0.5) is 5.82 Å². The van der Waals surface area contributed by atoms with Crippen molar-refractivity contribution in [3.63, 3.8) is 0 Å². The number of piperazine rings is 1. The number of carbonyl (C=O) groups excluding carboxylic acids is 1. The van der Waals surface area contributed by atoms with E-state index in [1.807, 2.05) is 23.4 Å². The van der Waals surface area contributed by atoms with Crippen LogP contribution >= 0.6 is 0 Å². The number of nitrogens with zero attached hydrogens (tertiary/aromatic N) is 9. The summed E-state index contributed by atoms with van der Waals surface area (Å²) in [5, 5.41) is 4.14. The fraction of sp³-hybridized carbons (Fsp3) is 0.455.